The third-order valence-electron chi connectivity index (χ3n) is 3.96. The molecule has 1 heterocycles. The van der Waals surface area contributed by atoms with Crippen molar-refractivity contribution in [1.29, 1.82) is 0 Å². The van der Waals surface area contributed by atoms with Crippen LogP contribution in [0, 0.1) is 11.8 Å². The topological polar surface area (TPSA) is 68.6 Å². The maximum Gasteiger partial charge on any atom is 0.359 e. The summed E-state index contributed by atoms with van der Waals surface area (Å²) in [6.45, 7) is 1.86. The highest BCUT2D eigenvalue weighted by molar-refractivity contribution is 6.36. The number of ether oxygens (including phenoxy) is 1. The summed E-state index contributed by atoms with van der Waals surface area (Å²) in [6, 6.07) is 15.6. The molecule has 0 saturated carbocycles. The molecule has 3 aromatic rings. The van der Waals surface area contributed by atoms with Gasteiger partial charge in [-0.05, 0) is 47.5 Å². The molecule has 0 aliphatic rings. The monoisotopic (exact) mass is 400 g/mol. The van der Waals surface area contributed by atoms with Gasteiger partial charge >= 0.3 is 5.97 Å². The van der Waals surface area contributed by atoms with Crippen LogP contribution in [0.4, 0.5) is 5.69 Å². The number of pyridine rings is 1. The lowest BCUT2D eigenvalue weighted by atomic mass is 10.1. The van der Waals surface area contributed by atoms with Crippen molar-refractivity contribution in [1.82, 2.24) is 4.98 Å². The van der Waals surface area contributed by atoms with Crippen LogP contribution in [-0.2, 0) is 11.3 Å². The standard InChI is InChI=1S/C20H14Cl2N2O3/c1-12-15(21)9-14(10-16(12)22)17-7-8-18(24-26)19(23-17)20(25)27-11-13-5-3-2-4-6-13/h2-10H,11H2,1H3. The summed E-state index contributed by atoms with van der Waals surface area (Å²) in [5.41, 5.74) is 2.35. The second-order valence-corrected chi connectivity index (χ2v) is 6.60. The molecule has 0 fully saturated rings. The highest BCUT2D eigenvalue weighted by atomic mass is 35.5. The van der Waals surface area contributed by atoms with E-state index in [1.165, 1.54) is 6.07 Å². The van der Waals surface area contributed by atoms with Crippen LogP contribution in [0.3, 0.4) is 0 Å². The number of benzene rings is 2. The molecular weight excluding hydrogens is 387 g/mol. The van der Waals surface area contributed by atoms with Crippen LogP contribution in [0.1, 0.15) is 21.6 Å². The number of hydrogen-bond acceptors (Lipinski definition) is 5. The molecule has 7 heteroatoms. The van der Waals surface area contributed by atoms with Gasteiger partial charge in [-0.15, -0.1) is 4.91 Å². The lowest BCUT2D eigenvalue weighted by Crippen LogP contribution is -2.08. The van der Waals surface area contributed by atoms with Crippen molar-refractivity contribution < 1.29 is 9.53 Å². The summed E-state index contributed by atoms with van der Waals surface area (Å²) >= 11 is 12.4. The smallest absolute Gasteiger partial charge is 0.359 e. The largest absolute Gasteiger partial charge is 0.456 e. The van der Waals surface area contributed by atoms with Crippen LogP contribution in [0.25, 0.3) is 11.3 Å². The molecule has 0 radical (unpaired) electrons. The number of halogens is 2. The van der Waals surface area contributed by atoms with Crippen molar-refractivity contribution in [2.75, 3.05) is 0 Å². The zero-order chi connectivity index (χ0) is 19.4. The molecule has 0 N–H and O–H groups in total. The van der Waals surface area contributed by atoms with Crippen LogP contribution < -0.4 is 0 Å². The van der Waals surface area contributed by atoms with Gasteiger partial charge < -0.3 is 4.74 Å². The van der Waals surface area contributed by atoms with Gasteiger partial charge in [0.15, 0.2) is 5.69 Å². The van der Waals surface area contributed by atoms with Crippen LogP contribution in [0.5, 0.6) is 0 Å². The SMILES string of the molecule is Cc1c(Cl)cc(-c2ccc(N=O)c(C(=O)OCc3ccccc3)n2)cc1Cl. The summed E-state index contributed by atoms with van der Waals surface area (Å²) in [6.07, 6.45) is 0. The third kappa shape index (κ3) is 4.32. The predicted octanol–water partition coefficient (Wildman–Crippen LogP) is 6.12. The minimum Gasteiger partial charge on any atom is -0.456 e. The molecule has 2 aromatic carbocycles. The van der Waals surface area contributed by atoms with E-state index in [4.69, 9.17) is 27.9 Å². The number of carbonyl (C=O) groups excluding carboxylic acids is 1. The Kier molecular flexibility index (Phi) is 5.84. The van der Waals surface area contributed by atoms with E-state index in [9.17, 15) is 9.70 Å². The highest BCUT2D eigenvalue weighted by Crippen LogP contribution is 2.32. The Labute approximate surface area is 165 Å². The fourth-order valence-corrected chi connectivity index (χ4v) is 2.91. The molecule has 136 valence electrons. The van der Waals surface area contributed by atoms with Gasteiger partial charge in [-0.2, -0.15) is 0 Å². The van der Waals surface area contributed by atoms with Crippen molar-refractivity contribution in [3.8, 4) is 11.3 Å². The van der Waals surface area contributed by atoms with Crippen LogP contribution in [0.15, 0.2) is 59.8 Å². The van der Waals surface area contributed by atoms with Crippen molar-refractivity contribution in [2.24, 2.45) is 5.18 Å². The van der Waals surface area contributed by atoms with Gasteiger partial charge in [0.05, 0.1) is 5.69 Å². The maximum atomic E-state index is 12.4. The summed E-state index contributed by atoms with van der Waals surface area (Å²) in [7, 11) is 0. The highest BCUT2D eigenvalue weighted by Gasteiger charge is 2.18. The van der Waals surface area contributed by atoms with Crippen LogP contribution in [-0.4, -0.2) is 11.0 Å². The number of esters is 1. The lowest BCUT2D eigenvalue weighted by Gasteiger charge is -2.09. The van der Waals surface area contributed by atoms with Gasteiger partial charge in [0.1, 0.15) is 12.3 Å². The normalized spacial score (nSPS) is 10.5. The second kappa shape index (κ2) is 8.29. The Morgan fingerprint density at radius 2 is 1.74 bits per heavy atom. The Morgan fingerprint density at radius 1 is 1.07 bits per heavy atom. The fourth-order valence-electron chi connectivity index (χ4n) is 2.42. The van der Waals surface area contributed by atoms with Crippen LogP contribution in [0.2, 0.25) is 10.0 Å². The van der Waals surface area contributed by atoms with E-state index < -0.39 is 5.97 Å². The van der Waals surface area contributed by atoms with E-state index in [1.807, 2.05) is 30.3 Å². The number of carbonyl (C=O) groups is 1. The molecule has 0 spiro atoms. The molecule has 0 bridgehead atoms. The van der Waals surface area contributed by atoms with Crippen molar-refractivity contribution >= 4 is 34.9 Å². The first-order valence-corrected chi connectivity index (χ1v) is 8.76. The summed E-state index contributed by atoms with van der Waals surface area (Å²) in [5, 5.41) is 3.82. The molecule has 27 heavy (non-hydrogen) atoms. The molecule has 0 atom stereocenters. The van der Waals surface area contributed by atoms with Gasteiger partial charge in [0, 0.05) is 15.6 Å². The third-order valence-corrected chi connectivity index (χ3v) is 4.74. The Hall–Kier alpha value is -2.76. The molecule has 5 nitrogen and oxygen atoms in total. The molecular formula is C20H14Cl2N2O3. The zero-order valence-corrected chi connectivity index (χ0v) is 15.8. The van der Waals surface area contributed by atoms with Gasteiger partial charge in [0.25, 0.3) is 0 Å². The average molecular weight is 401 g/mol. The van der Waals surface area contributed by atoms with E-state index in [0.29, 0.717) is 21.3 Å². The van der Waals surface area contributed by atoms with Gasteiger partial charge in [0.2, 0.25) is 0 Å². The van der Waals surface area contributed by atoms with E-state index >= 15 is 0 Å². The molecule has 0 aliphatic carbocycles. The van der Waals surface area contributed by atoms with Gasteiger partial charge in [-0.3, -0.25) is 0 Å². The first-order chi connectivity index (χ1) is 13.0. The lowest BCUT2D eigenvalue weighted by molar-refractivity contribution is 0.0467. The van der Waals surface area contributed by atoms with E-state index in [0.717, 1.165) is 11.1 Å². The summed E-state index contributed by atoms with van der Waals surface area (Å²) < 4.78 is 5.26. The number of aromatic nitrogens is 1. The molecule has 1 aromatic heterocycles. The minimum absolute atomic E-state index is 0.0616. The van der Waals surface area contributed by atoms with Crippen molar-refractivity contribution in [3.63, 3.8) is 0 Å². The fraction of sp³-hybridized carbons (Fsp3) is 0.100. The maximum absolute atomic E-state index is 12.4. The number of hydrogen-bond donors (Lipinski definition) is 0. The molecule has 3 rings (SSSR count). The molecule has 0 saturated heterocycles. The first-order valence-electron chi connectivity index (χ1n) is 8.01. The Bertz CT molecular complexity index is 984. The average Bonchev–Trinajstić information content (AvgIpc) is 2.70. The molecule has 0 aliphatic heterocycles. The summed E-state index contributed by atoms with van der Waals surface area (Å²) in [4.78, 5) is 27.8. The van der Waals surface area contributed by atoms with E-state index in [-0.39, 0.29) is 18.0 Å². The van der Waals surface area contributed by atoms with Gasteiger partial charge in [-0.25, -0.2) is 9.78 Å². The predicted molar refractivity (Wildman–Crippen MR) is 105 cm³/mol. The van der Waals surface area contributed by atoms with Crippen molar-refractivity contribution in [2.45, 2.75) is 13.5 Å². The Morgan fingerprint density at radius 3 is 2.37 bits per heavy atom. The van der Waals surface area contributed by atoms with E-state index in [2.05, 4.69) is 10.2 Å². The zero-order valence-electron chi connectivity index (χ0n) is 14.3. The van der Waals surface area contributed by atoms with Crippen molar-refractivity contribution in [3.05, 3.63) is 86.4 Å². The van der Waals surface area contributed by atoms with Crippen LogP contribution >= 0.6 is 23.2 Å². The number of nitroso groups, excluding NO2 is 1. The first kappa shape index (κ1) is 19.0. The van der Waals surface area contributed by atoms with Gasteiger partial charge in [-0.1, -0.05) is 53.5 Å². The minimum atomic E-state index is -0.736. The summed E-state index contributed by atoms with van der Waals surface area (Å²) in [5.74, 6) is -0.736. The number of rotatable bonds is 5. The van der Waals surface area contributed by atoms with E-state index in [1.54, 1.807) is 25.1 Å². The quantitative estimate of drug-likeness (QED) is 0.382. The second-order valence-electron chi connectivity index (χ2n) is 5.78. The molecule has 0 unspecified atom stereocenters. The molecule has 0 amide bonds. The number of nitrogens with zero attached hydrogens (tertiary/aromatic N) is 2. The Balaban J connectivity index is 1.92.